The first-order valence-corrected chi connectivity index (χ1v) is 6.04. The summed E-state index contributed by atoms with van der Waals surface area (Å²) in [7, 11) is 0. The van der Waals surface area contributed by atoms with Gasteiger partial charge in [0.2, 0.25) is 0 Å². The molecule has 2 amide bonds. The molecular formula is C13H21N3O. The zero-order valence-corrected chi connectivity index (χ0v) is 10.3. The van der Waals surface area contributed by atoms with Gasteiger partial charge in [-0.05, 0) is 18.4 Å². The number of benzene rings is 1. The van der Waals surface area contributed by atoms with Crippen molar-refractivity contribution >= 4 is 6.03 Å². The monoisotopic (exact) mass is 235 g/mol. The maximum absolute atomic E-state index is 11.5. The van der Waals surface area contributed by atoms with E-state index < -0.39 is 0 Å². The second-order valence-corrected chi connectivity index (χ2v) is 4.02. The largest absolute Gasteiger partial charge is 0.338 e. The summed E-state index contributed by atoms with van der Waals surface area (Å²) in [6.07, 6.45) is 1.69. The van der Waals surface area contributed by atoms with E-state index in [4.69, 9.17) is 5.73 Å². The number of urea groups is 1. The summed E-state index contributed by atoms with van der Waals surface area (Å²) in [5, 5.41) is 5.65. The minimum atomic E-state index is -0.141. The molecule has 1 aromatic rings. The van der Waals surface area contributed by atoms with Crippen molar-refractivity contribution in [3.8, 4) is 0 Å². The molecule has 0 aromatic heterocycles. The van der Waals surface area contributed by atoms with Gasteiger partial charge in [-0.15, -0.1) is 0 Å². The number of hydrogen-bond donors (Lipinski definition) is 3. The zero-order chi connectivity index (χ0) is 12.5. The molecule has 4 heteroatoms. The molecule has 1 aromatic carbocycles. The average Bonchev–Trinajstić information content (AvgIpc) is 2.36. The maximum Gasteiger partial charge on any atom is 0.315 e. The maximum atomic E-state index is 11.5. The molecule has 4 nitrogen and oxygen atoms in total. The van der Waals surface area contributed by atoms with Crippen LogP contribution in [0.3, 0.4) is 0 Å². The van der Waals surface area contributed by atoms with E-state index >= 15 is 0 Å². The van der Waals surface area contributed by atoms with Crippen molar-refractivity contribution in [3.63, 3.8) is 0 Å². The minimum absolute atomic E-state index is 0.0192. The Morgan fingerprint density at radius 3 is 2.65 bits per heavy atom. The van der Waals surface area contributed by atoms with Crippen molar-refractivity contribution in [2.75, 3.05) is 13.1 Å². The van der Waals surface area contributed by atoms with Gasteiger partial charge in [-0.1, -0.05) is 37.3 Å². The molecule has 0 bridgehead atoms. The molecule has 0 aliphatic rings. The van der Waals surface area contributed by atoms with E-state index in [0.29, 0.717) is 13.1 Å². The van der Waals surface area contributed by atoms with Crippen molar-refractivity contribution in [1.82, 2.24) is 10.6 Å². The quantitative estimate of drug-likeness (QED) is 0.695. The summed E-state index contributed by atoms with van der Waals surface area (Å²) in [6, 6.07) is 9.86. The van der Waals surface area contributed by atoms with Crippen molar-refractivity contribution in [3.05, 3.63) is 35.9 Å². The fourth-order valence-corrected chi connectivity index (χ4v) is 1.57. The Hall–Kier alpha value is -1.55. The van der Waals surface area contributed by atoms with Gasteiger partial charge in [0.15, 0.2) is 0 Å². The van der Waals surface area contributed by atoms with Crippen LogP contribution in [-0.4, -0.2) is 25.2 Å². The number of nitrogens with two attached hydrogens (primary N) is 1. The predicted molar refractivity (Wildman–Crippen MR) is 69.8 cm³/mol. The Morgan fingerprint density at radius 1 is 1.35 bits per heavy atom. The molecule has 0 saturated carbocycles. The standard InChI is InChI=1S/C13H21N3O/c1-2-8-15-13(17)16-12(10-14)9-11-6-4-3-5-7-11/h3-7,12H,2,8-10,14H2,1H3,(H2,15,16,17). The molecule has 0 aliphatic carbocycles. The highest BCUT2D eigenvalue weighted by molar-refractivity contribution is 5.74. The van der Waals surface area contributed by atoms with E-state index in [1.807, 2.05) is 37.3 Å². The molecule has 0 spiro atoms. The van der Waals surface area contributed by atoms with Crippen molar-refractivity contribution in [2.45, 2.75) is 25.8 Å². The number of hydrogen-bond acceptors (Lipinski definition) is 2. The van der Waals surface area contributed by atoms with E-state index in [9.17, 15) is 4.79 Å². The molecule has 94 valence electrons. The van der Waals surface area contributed by atoms with Crippen molar-refractivity contribution in [1.29, 1.82) is 0 Å². The van der Waals surface area contributed by atoms with Gasteiger partial charge in [0.25, 0.3) is 0 Å². The molecule has 17 heavy (non-hydrogen) atoms. The van der Waals surface area contributed by atoms with E-state index in [-0.39, 0.29) is 12.1 Å². The number of rotatable bonds is 6. The second-order valence-electron chi connectivity index (χ2n) is 4.02. The SMILES string of the molecule is CCCNC(=O)NC(CN)Cc1ccccc1. The van der Waals surface area contributed by atoms with Gasteiger partial charge in [0, 0.05) is 19.1 Å². The van der Waals surface area contributed by atoms with Gasteiger partial charge >= 0.3 is 6.03 Å². The Balaban J connectivity index is 2.41. The fraction of sp³-hybridized carbons (Fsp3) is 0.462. The molecule has 1 unspecified atom stereocenters. The van der Waals surface area contributed by atoms with Crippen molar-refractivity contribution in [2.24, 2.45) is 5.73 Å². The molecule has 0 fully saturated rings. The predicted octanol–water partition coefficient (Wildman–Crippen LogP) is 1.27. The highest BCUT2D eigenvalue weighted by Crippen LogP contribution is 2.02. The smallest absolute Gasteiger partial charge is 0.315 e. The highest BCUT2D eigenvalue weighted by Gasteiger charge is 2.10. The Kier molecular flexibility index (Phi) is 6.10. The van der Waals surface area contributed by atoms with Crippen LogP contribution >= 0.6 is 0 Å². The summed E-state index contributed by atoms with van der Waals surface area (Å²) in [5.74, 6) is 0. The summed E-state index contributed by atoms with van der Waals surface area (Å²) in [4.78, 5) is 11.5. The van der Waals surface area contributed by atoms with Gasteiger partial charge in [-0.3, -0.25) is 0 Å². The van der Waals surface area contributed by atoms with Crippen LogP contribution in [0.1, 0.15) is 18.9 Å². The zero-order valence-electron chi connectivity index (χ0n) is 10.3. The number of carbonyl (C=O) groups excluding carboxylic acids is 1. The topological polar surface area (TPSA) is 67.2 Å². The van der Waals surface area contributed by atoms with Gasteiger partial charge in [0.05, 0.1) is 0 Å². The molecule has 4 N–H and O–H groups in total. The third kappa shape index (κ3) is 5.36. The average molecular weight is 235 g/mol. The van der Waals surface area contributed by atoms with Crippen molar-refractivity contribution < 1.29 is 4.79 Å². The van der Waals surface area contributed by atoms with Crippen LogP contribution in [0.2, 0.25) is 0 Å². The second kappa shape index (κ2) is 7.68. The van der Waals surface area contributed by atoms with Crippen LogP contribution < -0.4 is 16.4 Å². The van der Waals surface area contributed by atoms with Crippen LogP contribution in [0.25, 0.3) is 0 Å². The lowest BCUT2D eigenvalue weighted by Gasteiger charge is -2.17. The normalized spacial score (nSPS) is 11.9. The number of carbonyl (C=O) groups is 1. The lowest BCUT2D eigenvalue weighted by Crippen LogP contribution is -2.46. The van der Waals surface area contributed by atoms with Gasteiger partial charge < -0.3 is 16.4 Å². The van der Waals surface area contributed by atoms with E-state index in [2.05, 4.69) is 10.6 Å². The van der Waals surface area contributed by atoms with Crippen LogP contribution in [0.15, 0.2) is 30.3 Å². The Bertz CT molecular complexity index is 327. The molecule has 1 rings (SSSR count). The fourth-order valence-electron chi connectivity index (χ4n) is 1.57. The van der Waals surface area contributed by atoms with E-state index in [1.165, 1.54) is 5.56 Å². The third-order valence-electron chi connectivity index (χ3n) is 2.48. The summed E-state index contributed by atoms with van der Waals surface area (Å²) in [6.45, 7) is 3.15. The van der Waals surface area contributed by atoms with Crippen LogP contribution in [0.5, 0.6) is 0 Å². The lowest BCUT2D eigenvalue weighted by molar-refractivity contribution is 0.237. The molecular weight excluding hydrogens is 214 g/mol. The Labute approximate surface area is 103 Å². The van der Waals surface area contributed by atoms with Crippen LogP contribution in [0, 0.1) is 0 Å². The Morgan fingerprint density at radius 2 is 2.06 bits per heavy atom. The number of nitrogens with one attached hydrogen (secondary N) is 2. The van der Waals surface area contributed by atoms with Gasteiger partial charge in [0.1, 0.15) is 0 Å². The number of amides is 2. The molecule has 0 saturated heterocycles. The van der Waals surface area contributed by atoms with E-state index in [0.717, 1.165) is 12.8 Å². The first-order valence-electron chi connectivity index (χ1n) is 6.04. The minimum Gasteiger partial charge on any atom is -0.338 e. The summed E-state index contributed by atoms with van der Waals surface area (Å²) < 4.78 is 0. The molecule has 0 radical (unpaired) electrons. The first-order chi connectivity index (χ1) is 8.26. The lowest BCUT2D eigenvalue weighted by atomic mass is 10.1. The van der Waals surface area contributed by atoms with Gasteiger partial charge in [-0.2, -0.15) is 0 Å². The molecule has 0 aliphatic heterocycles. The van der Waals surface area contributed by atoms with Crippen LogP contribution in [-0.2, 0) is 6.42 Å². The summed E-state index contributed by atoms with van der Waals surface area (Å²) in [5.41, 5.74) is 6.83. The van der Waals surface area contributed by atoms with Crippen LogP contribution in [0.4, 0.5) is 4.79 Å². The molecule has 1 atom stereocenters. The molecule has 0 heterocycles. The van der Waals surface area contributed by atoms with E-state index in [1.54, 1.807) is 0 Å². The summed E-state index contributed by atoms with van der Waals surface area (Å²) >= 11 is 0. The highest BCUT2D eigenvalue weighted by atomic mass is 16.2. The third-order valence-corrected chi connectivity index (χ3v) is 2.48. The first kappa shape index (κ1) is 13.5. The van der Waals surface area contributed by atoms with Gasteiger partial charge in [-0.25, -0.2) is 4.79 Å².